The molecule has 2 aromatic rings. The Bertz CT molecular complexity index is 960. The molecule has 0 radical (unpaired) electrons. The van der Waals surface area contributed by atoms with Gasteiger partial charge >= 0.3 is 0 Å². The van der Waals surface area contributed by atoms with Gasteiger partial charge in [-0.25, -0.2) is 13.4 Å². The van der Waals surface area contributed by atoms with Crippen molar-refractivity contribution in [3.8, 4) is 0 Å². The smallest absolute Gasteiger partial charge is 0.264 e. The van der Waals surface area contributed by atoms with Gasteiger partial charge in [-0.2, -0.15) is 0 Å². The van der Waals surface area contributed by atoms with E-state index in [9.17, 15) is 13.2 Å². The number of carbonyl (C=O) groups is 1. The summed E-state index contributed by atoms with van der Waals surface area (Å²) < 4.78 is 27.8. The van der Waals surface area contributed by atoms with E-state index in [1.807, 2.05) is 0 Å². The van der Waals surface area contributed by atoms with E-state index < -0.39 is 10.0 Å². The van der Waals surface area contributed by atoms with Crippen LogP contribution in [0, 0.1) is 0 Å². The van der Waals surface area contributed by atoms with Crippen LogP contribution in [-0.4, -0.2) is 37.3 Å². The number of pyridine rings is 1. The molecule has 2 heterocycles. The lowest BCUT2D eigenvalue weighted by molar-refractivity contribution is 0.0794. The number of rotatable bonds is 4. The number of amides is 1. The molecule has 26 heavy (non-hydrogen) atoms. The maximum atomic E-state index is 12.7. The van der Waals surface area contributed by atoms with Crippen LogP contribution in [0.1, 0.15) is 23.2 Å². The first-order valence-electron chi connectivity index (χ1n) is 7.71. The van der Waals surface area contributed by atoms with Gasteiger partial charge in [0.2, 0.25) is 0 Å². The number of aromatic nitrogens is 1. The quantitative estimate of drug-likeness (QED) is 0.735. The van der Waals surface area contributed by atoms with Gasteiger partial charge in [0.15, 0.2) is 5.15 Å². The standard InChI is InChI=1S/C16H14Cl3N3O3S/c17-10-3-4-11(16(23)22-7-1-2-8-22)12(9-10)21-26(24,25)13-5-6-14(18)20-15(13)19/h3-6,9,21H,1-2,7-8H2. The summed E-state index contributed by atoms with van der Waals surface area (Å²) in [7, 11) is -4.09. The Balaban J connectivity index is 1.98. The molecule has 1 aromatic heterocycles. The highest BCUT2D eigenvalue weighted by Gasteiger charge is 2.25. The average Bonchev–Trinajstić information content (AvgIpc) is 3.08. The van der Waals surface area contributed by atoms with Crippen LogP contribution in [0.3, 0.4) is 0 Å². The summed E-state index contributed by atoms with van der Waals surface area (Å²) in [6, 6.07) is 6.99. The first kappa shape index (κ1) is 19.2. The third-order valence-electron chi connectivity index (χ3n) is 3.92. The number of anilines is 1. The molecule has 1 fully saturated rings. The van der Waals surface area contributed by atoms with Gasteiger partial charge in [0.1, 0.15) is 10.0 Å². The second kappa shape index (κ2) is 7.60. The number of likely N-dealkylation sites (tertiary alicyclic amines) is 1. The second-order valence-electron chi connectivity index (χ2n) is 5.72. The average molecular weight is 435 g/mol. The molecule has 0 unspecified atom stereocenters. The molecule has 1 aliphatic heterocycles. The first-order valence-corrected chi connectivity index (χ1v) is 10.3. The van der Waals surface area contributed by atoms with Gasteiger partial charge in [-0.05, 0) is 43.2 Å². The van der Waals surface area contributed by atoms with Crippen molar-refractivity contribution < 1.29 is 13.2 Å². The predicted molar refractivity (Wildman–Crippen MR) is 102 cm³/mol. The number of nitrogens with one attached hydrogen (secondary N) is 1. The highest BCUT2D eigenvalue weighted by atomic mass is 35.5. The van der Waals surface area contributed by atoms with Crippen molar-refractivity contribution in [3.05, 3.63) is 51.2 Å². The molecule has 1 amide bonds. The molecular weight excluding hydrogens is 421 g/mol. The van der Waals surface area contributed by atoms with Gasteiger partial charge in [0.05, 0.1) is 11.3 Å². The van der Waals surface area contributed by atoms with E-state index in [1.165, 1.54) is 24.3 Å². The zero-order chi connectivity index (χ0) is 18.9. The van der Waals surface area contributed by atoms with Gasteiger partial charge in [0.25, 0.3) is 15.9 Å². The molecule has 1 saturated heterocycles. The van der Waals surface area contributed by atoms with Crippen LogP contribution in [0.5, 0.6) is 0 Å². The Labute approximate surface area is 166 Å². The fourth-order valence-electron chi connectivity index (χ4n) is 2.68. The van der Waals surface area contributed by atoms with Gasteiger partial charge in [-0.15, -0.1) is 0 Å². The Morgan fingerprint density at radius 1 is 1.08 bits per heavy atom. The zero-order valence-electron chi connectivity index (χ0n) is 13.4. The molecular formula is C16H14Cl3N3O3S. The van der Waals surface area contributed by atoms with Crippen LogP contribution in [-0.2, 0) is 10.0 Å². The number of hydrogen-bond donors (Lipinski definition) is 1. The van der Waals surface area contributed by atoms with Crippen LogP contribution in [0.15, 0.2) is 35.2 Å². The lowest BCUT2D eigenvalue weighted by atomic mass is 10.1. The number of carbonyl (C=O) groups excluding carboxylic acids is 1. The molecule has 3 rings (SSSR count). The third kappa shape index (κ3) is 4.06. The molecule has 0 saturated carbocycles. The summed E-state index contributed by atoms with van der Waals surface area (Å²) in [6.07, 6.45) is 1.85. The molecule has 1 N–H and O–H groups in total. The molecule has 6 nitrogen and oxygen atoms in total. The van der Waals surface area contributed by atoms with E-state index in [-0.39, 0.29) is 32.4 Å². The summed E-state index contributed by atoms with van der Waals surface area (Å²) in [4.78, 5) is 17.9. The lowest BCUT2D eigenvalue weighted by Gasteiger charge is -2.18. The summed E-state index contributed by atoms with van der Waals surface area (Å²) in [5.41, 5.74) is 0.304. The fourth-order valence-corrected chi connectivity index (χ4v) is 4.58. The second-order valence-corrected chi connectivity index (χ2v) is 8.55. The zero-order valence-corrected chi connectivity index (χ0v) is 16.5. The Kier molecular flexibility index (Phi) is 5.62. The van der Waals surface area contributed by atoms with Crippen molar-refractivity contribution in [1.82, 2.24) is 9.88 Å². The number of benzene rings is 1. The fraction of sp³-hybridized carbons (Fsp3) is 0.250. The molecule has 0 atom stereocenters. The molecule has 10 heteroatoms. The Hall–Kier alpha value is -1.54. The molecule has 0 bridgehead atoms. The minimum Gasteiger partial charge on any atom is -0.339 e. The van der Waals surface area contributed by atoms with Crippen molar-refractivity contribution >= 4 is 56.4 Å². The van der Waals surface area contributed by atoms with Crippen molar-refractivity contribution in [2.24, 2.45) is 0 Å². The summed E-state index contributed by atoms with van der Waals surface area (Å²) in [5, 5.41) is 0.0991. The number of sulfonamides is 1. The first-order chi connectivity index (χ1) is 12.3. The number of halogens is 3. The van der Waals surface area contributed by atoms with Crippen molar-refractivity contribution in [2.45, 2.75) is 17.7 Å². The highest BCUT2D eigenvalue weighted by molar-refractivity contribution is 7.92. The van der Waals surface area contributed by atoms with E-state index in [0.29, 0.717) is 18.1 Å². The number of nitrogens with zero attached hydrogens (tertiary/aromatic N) is 2. The van der Waals surface area contributed by atoms with Gasteiger partial charge in [-0.3, -0.25) is 9.52 Å². The van der Waals surface area contributed by atoms with Crippen molar-refractivity contribution in [3.63, 3.8) is 0 Å². The SMILES string of the molecule is O=C(c1ccc(Cl)cc1NS(=O)(=O)c1ccc(Cl)nc1Cl)N1CCCC1. The van der Waals surface area contributed by atoms with E-state index in [4.69, 9.17) is 34.8 Å². The van der Waals surface area contributed by atoms with Crippen molar-refractivity contribution in [1.29, 1.82) is 0 Å². The summed E-state index contributed by atoms with van der Waals surface area (Å²) in [6.45, 7) is 1.28. The largest absolute Gasteiger partial charge is 0.339 e. The Morgan fingerprint density at radius 2 is 1.77 bits per heavy atom. The van der Waals surface area contributed by atoms with Crippen molar-refractivity contribution in [2.75, 3.05) is 17.8 Å². The normalized spacial score (nSPS) is 14.5. The predicted octanol–water partition coefficient (Wildman–Crippen LogP) is 4.08. The van der Waals surface area contributed by atoms with Gasteiger partial charge in [-0.1, -0.05) is 34.8 Å². The minimum atomic E-state index is -4.09. The van der Waals surface area contributed by atoms with Crippen LogP contribution >= 0.6 is 34.8 Å². The topological polar surface area (TPSA) is 79.4 Å². The van der Waals surface area contributed by atoms with Gasteiger partial charge in [0, 0.05) is 18.1 Å². The molecule has 1 aliphatic rings. The summed E-state index contributed by atoms with van der Waals surface area (Å²) >= 11 is 17.6. The maximum Gasteiger partial charge on any atom is 0.264 e. The Morgan fingerprint density at radius 3 is 2.42 bits per heavy atom. The molecule has 1 aromatic carbocycles. The van der Waals surface area contributed by atoms with Crippen LogP contribution in [0.2, 0.25) is 15.3 Å². The minimum absolute atomic E-state index is 0.0709. The van der Waals surface area contributed by atoms with E-state index in [2.05, 4.69) is 9.71 Å². The van der Waals surface area contributed by atoms with E-state index in [0.717, 1.165) is 12.8 Å². The van der Waals surface area contributed by atoms with E-state index in [1.54, 1.807) is 11.0 Å². The van der Waals surface area contributed by atoms with Gasteiger partial charge < -0.3 is 4.90 Å². The highest BCUT2D eigenvalue weighted by Crippen LogP contribution is 2.28. The van der Waals surface area contributed by atoms with Crippen LogP contribution in [0.4, 0.5) is 5.69 Å². The number of hydrogen-bond acceptors (Lipinski definition) is 4. The lowest BCUT2D eigenvalue weighted by Crippen LogP contribution is -2.29. The van der Waals surface area contributed by atoms with E-state index >= 15 is 0 Å². The monoisotopic (exact) mass is 433 g/mol. The van der Waals surface area contributed by atoms with Crippen LogP contribution in [0.25, 0.3) is 0 Å². The summed E-state index contributed by atoms with van der Waals surface area (Å²) in [5.74, 6) is -0.253. The van der Waals surface area contributed by atoms with Crippen LogP contribution < -0.4 is 4.72 Å². The maximum absolute atomic E-state index is 12.7. The third-order valence-corrected chi connectivity index (χ3v) is 6.16. The molecule has 0 spiro atoms. The molecule has 0 aliphatic carbocycles. The molecule has 138 valence electrons.